The molecular weight excluding hydrogens is 433 g/mol. The van der Waals surface area contributed by atoms with Crippen LogP contribution in [0.15, 0.2) is 64.6 Å². The number of carbonyl (C=O) groups excluding carboxylic acids is 1. The summed E-state index contributed by atoms with van der Waals surface area (Å²) in [6.07, 6.45) is 1.14. The van der Waals surface area contributed by atoms with E-state index in [1.54, 1.807) is 12.1 Å². The van der Waals surface area contributed by atoms with Crippen LogP contribution in [0.3, 0.4) is 0 Å². The summed E-state index contributed by atoms with van der Waals surface area (Å²) in [7, 11) is 0. The van der Waals surface area contributed by atoms with Crippen molar-refractivity contribution in [2.75, 3.05) is 5.32 Å². The Bertz CT molecular complexity index is 1300. The highest BCUT2D eigenvalue weighted by molar-refractivity contribution is 6.42. The van der Waals surface area contributed by atoms with Gasteiger partial charge in [-0.05, 0) is 41.7 Å². The van der Waals surface area contributed by atoms with Gasteiger partial charge >= 0.3 is 0 Å². The van der Waals surface area contributed by atoms with Gasteiger partial charge in [-0.25, -0.2) is 4.68 Å². The molecule has 2 aromatic carbocycles. The second kappa shape index (κ2) is 7.14. The summed E-state index contributed by atoms with van der Waals surface area (Å²) in [6.45, 7) is 4.16. The molecule has 0 radical (unpaired) electrons. The largest absolute Gasteiger partial charge is 0.343 e. The quantitative estimate of drug-likeness (QED) is 0.524. The Kier molecular flexibility index (Phi) is 4.65. The number of hydrogen-bond acceptors (Lipinski definition) is 3. The number of aromatic nitrogens is 2. The fourth-order valence-electron chi connectivity index (χ4n) is 4.67. The van der Waals surface area contributed by atoms with E-state index in [0.717, 1.165) is 16.9 Å². The first kappa shape index (κ1) is 20.2. The van der Waals surface area contributed by atoms with Gasteiger partial charge in [0.25, 0.3) is 5.56 Å². The second-order valence-electron chi connectivity index (χ2n) is 8.94. The van der Waals surface area contributed by atoms with Crippen molar-refractivity contribution in [1.82, 2.24) is 9.78 Å². The van der Waals surface area contributed by atoms with Crippen LogP contribution in [0, 0.1) is 5.41 Å². The summed E-state index contributed by atoms with van der Waals surface area (Å²) in [5.41, 5.74) is 3.14. The van der Waals surface area contributed by atoms with E-state index in [9.17, 15) is 9.59 Å². The molecule has 31 heavy (non-hydrogen) atoms. The molecule has 7 heteroatoms. The number of Topliss-reactive ketones (excluding diaryl/α,β-unsaturated/α-hetero) is 1. The molecule has 3 aromatic rings. The van der Waals surface area contributed by atoms with Crippen molar-refractivity contribution >= 4 is 34.8 Å². The third-order valence-electron chi connectivity index (χ3n) is 5.99. The molecule has 1 aliphatic heterocycles. The van der Waals surface area contributed by atoms with Gasteiger partial charge in [-0.3, -0.25) is 14.7 Å². The maximum Gasteiger partial charge on any atom is 0.277 e. The van der Waals surface area contributed by atoms with Gasteiger partial charge in [-0.15, -0.1) is 0 Å². The first-order valence-electron chi connectivity index (χ1n) is 10.1. The number of ketones is 1. The molecule has 0 spiro atoms. The zero-order chi connectivity index (χ0) is 21.9. The van der Waals surface area contributed by atoms with Crippen molar-refractivity contribution in [1.29, 1.82) is 0 Å². The molecule has 0 saturated heterocycles. The number of H-pyrrole nitrogens is 1. The Morgan fingerprint density at radius 3 is 2.45 bits per heavy atom. The highest BCUT2D eigenvalue weighted by atomic mass is 35.5. The number of nitrogens with zero attached hydrogens (tertiary/aromatic N) is 1. The van der Waals surface area contributed by atoms with Crippen LogP contribution < -0.4 is 10.9 Å². The number of allylic oxidation sites excluding steroid dienone is 2. The lowest BCUT2D eigenvalue weighted by molar-refractivity contribution is -0.118. The molecule has 0 unspecified atom stereocenters. The monoisotopic (exact) mass is 453 g/mol. The van der Waals surface area contributed by atoms with E-state index in [1.165, 1.54) is 4.68 Å². The van der Waals surface area contributed by atoms with Crippen molar-refractivity contribution in [2.24, 2.45) is 5.41 Å². The molecule has 1 atom stereocenters. The first-order valence-corrected chi connectivity index (χ1v) is 10.9. The summed E-state index contributed by atoms with van der Waals surface area (Å²) < 4.78 is 1.51. The molecule has 2 heterocycles. The fourth-order valence-corrected chi connectivity index (χ4v) is 4.98. The molecule has 0 fully saturated rings. The van der Waals surface area contributed by atoms with Gasteiger partial charge in [0.05, 0.1) is 21.3 Å². The third kappa shape index (κ3) is 3.33. The Balaban J connectivity index is 1.76. The van der Waals surface area contributed by atoms with Crippen molar-refractivity contribution < 1.29 is 4.79 Å². The number of rotatable bonds is 2. The molecule has 2 aliphatic rings. The summed E-state index contributed by atoms with van der Waals surface area (Å²) >= 11 is 12.5. The lowest BCUT2D eigenvalue weighted by Gasteiger charge is -2.37. The minimum absolute atomic E-state index is 0.0485. The van der Waals surface area contributed by atoms with Crippen molar-refractivity contribution in [2.45, 2.75) is 32.6 Å². The summed E-state index contributed by atoms with van der Waals surface area (Å²) in [5, 5.41) is 7.40. The topological polar surface area (TPSA) is 66.9 Å². The average molecular weight is 454 g/mol. The Morgan fingerprint density at radius 2 is 1.74 bits per heavy atom. The van der Waals surface area contributed by atoms with E-state index in [1.807, 2.05) is 36.4 Å². The number of aromatic amines is 1. The molecule has 2 N–H and O–H groups in total. The fraction of sp³-hybridized carbons (Fsp3) is 0.250. The minimum atomic E-state index is -0.515. The maximum atomic E-state index is 13.6. The molecule has 0 amide bonds. The number of fused-ring (bicyclic) bond motifs is 1. The molecule has 5 rings (SSSR count). The number of benzene rings is 2. The summed E-state index contributed by atoms with van der Waals surface area (Å²) in [4.78, 5) is 26.9. The van der Waals surface area contributed by atoms with Gasteiger partial charge in [-0.1, -0.05) is 61.3 Å². The first-order chi connectivity index (χ1) is 14.7. The van der Waals surface area contributed by atoms with Crippen molar-refractivity contribution in [3.05, 3.63) is 91.3 Å². The Labute approximate surface area is 189 Å². The molecule has 1 aromatic heterocycles. The van der Waals surface area contributed by atoms with Gasteiger partial charge in [0.2, 0.25) is 0 Å². The lowest BCUT2D eigenvalue weighted by Crippen LogP contribution is -2.35. The van der Waals surface area contributed by atoms with Crippen LogP contribution in [0.1, 0.15) is 43.7 Å². The predicted octanol–water partition coefficient (Wildman–Crippen LogP) is 5.67. The normalized spacial score (nSPS) is 19.6. The highest BCUT2D eigenvalue weighted by Gasteiger charge is 2.43. The standard InChI is InChI=1S/C24H21Cl2N3O2/c1-24(2)11-17-20(18(30)12-24)19(13-8-9-15(25)16(26)10-13)21-22(27-17)28-29(23(21)31)14-6-4-3-5-7-14/h3-10,19,27-28H,11-12H2,1-2H3/t19-/m0/s1. The van der Waals surface area contributed by atoms with Gasteiger partial charge < -0.3 is 5.32 Å². The molecule has 1 aliphatic carbocycles. The maximum absolute atomic E-state index is 13.6. The van der Waals surface area contributed by atoms with Crippen LogP contribution in [-0.2, 0) is 4.79 Å². The Morgan fingerprint density at radius 1 is 1.00 bits per heavy atom. The predicted molar refractivity (Wildman–Crippen MR) is 123 cm³/mol. The van der Waals surface area contributed by atoms with Crippen LogP contribution in [0.5, 0.6) is 0 Å². The zero-order valence-electron chi connectivity index (χ0n) is 17.1. The van der Waals surface area contributed by atoms with Crippen molar-refractivity contribution in [3.8, 4) is 5.69 Å². The minimum Gasteiger partial charge on any atom is -0.343 e. The molecule has 0 bridgehead atoms. The SMILES string of the molecule is CC1(C)CC(=O)C2=C(C1)Nc1[nH]n(-c3ccccc3)c(=O)c1[C@H]2c1ccc(Cl)c(Cl)c1. The van der Waals surface area contributed by atoms with Gasteiger partial charge in [0, 0.05) is 23.6 Å². The highest BCUT2D eigenvalue weighted by Crippen LogP contribution is 2.48. The number of para-hydroxylation sites is 1. The smallest absolute Gasteiger partial charge is 0.277 e. The molecule has 5 nitrogen and oxygen atoms in total. The molecule has 158 valence electrons. The molecule has 0 saturated carbocycles. The summed E-state index contributed by atoms with van der Waals surface area (Å²) in [6, 6.07) is 14.7. The number of halogens is 2. The summed E-state index contributed by atoms with van der Waals surface area (Å²) in [5.74, 6) is 0.139. The van der Waals surface area contributed by atoms with E-state index in [2.05, 4.69) is 24.3 Å². The van der Waals surface area contributed by atoms with Crippen LogP contribution in [0.25, 0.3) is 5.69 Å². The van der Waals surface area contributed by atoms with Gasteiger partial charge in [0.15, 0.2) is 5.78 Å². The van der Waals surface area contributed by atoms with E-state index >= 15 is 0 Å². The van der Waals surface area contributed by atoms with Crippen LogP contribution in [0.2, 0.25) is 10.0 Å². The zero-order valence-corrected chi connectivity index (χ0v) is 18.6. The number of anilines is 1. The van der Waals surface area contributed by atoms with Crippen LogP contribution in [-0.4, -0.2) is 15.6 Å². The second-order valence-corrected chi connectivity index (χ2v) is 9.76. The van der Waals surface area contributed by atoms with Gasteiger partial charge in [0.1, 0.15) is 5.82 Å². The van der Waals surface area contributed by atoms with Crippen LogP contribution >= 0.6 is 23.2 Å². The van der Waals surface area contributed by atoms with Gasteiger partial charge in [-0.2, -0.15) is 0 Å². The number of carbonyl (C=O) groups is 1. The van der Waals surface area contributed by atoms with Crippen molar-refractivity contribution in [3.63, 3.8) is 0 Å². The average Bonchev–Trinajstić information content (AvgIpc) is 3.04. The van der Waals surface area contributed by atoms with Crippen LogP contribution in [0.4, 0.5) is 5.82 Å². The van der Waals surface area contributed by atoms with E-state index in [4.69, 9.17) is 23.2 Å². The molecular formula is C24H21Cl2N3O2. The number of nitrogens with one attached hydrogen (secondary N) is 2. The lowest BCUT2D eigenvalue weighted by atomic mass is 9.69. The van der Waals surface area contributed by atoms with E-state index in [0.29, 0.717) is 39.8 Å². The Hall–Kier alpha value is -2.76. The van der Waals surface area contributed by atoms with E-state index < -0.39 is 5.92 Å². The third-order valence-corrected chi connectivity index (χ3v) is 6.73. The number of hydrogen-bond donors (Lipinski definition) is 2. The van der Waals surface area contributed by atoms with E-state index in [-0.39, 0.29) is 16.8 Å².